The third-order valence-corrected chi connectivity index (χ3v) is 3.60. The Labute approximate surface area is 62.9 Å². The Morgan fingerprint density at radius 3 is 1.80 bits per heavy atom. The average molecular weight is 164 g/mol. The van der Waals surface area contributed by atoms with Crippen LogP contribution in [0.4, 0.5) is 0 Å². The lowest BCUT2D eigenvalue weighted by Crippen LogP contribution is -2.26. The fourth-order valence-corrected chi connectivity index (χ4v) is 2.00. The van der Waals surface area contributed by atoms with Gasteiger partial charge in [-0.25, -0.2) is 8.42 Å². The van der Waals surface area contributed by atoms with E-state index in [0.717, 1.165) is 0 Å². The van der Waals surface area contributed by atoms with Crippen molar-refractivity contribution in [3.63, 3.8) is 0 Å². The fraction of sp³-hybridized carbons (Fsp3) is 1.00. The number of rotatable bonds is 4. The molecule has 0 aliphatic rings. The molecule has 0 aromatic rings. The van der Waals surface area contributed by atoms with Gasteiger partial charge in [0.05, 0.1) is 5.25 Å². The number of hydrogen-bond acceptors (Lipinski definition) is 2. The Hall–Kier alpha value is -0.0900. The molecule has 1 radical (unpaired) electrons. The minimum Gasteiger partial charge on any atom is -0.211 e. The number of hydrogen-bond donors (Lipinski definition) is 0. The van der Waals surface area contributed by atoms with E-state index in [0.29, 0.717) is 12.8 Å². The molecule has 0 unspecified atom stereocenters. The van der Waals surface area contributed by atoms with Crippen molar-refractivity contribution < 1.29 is 8.42 Å². The van der Waals surface area contributed by atoms with Gasteiger partial charge in [-0.05, 0) is 12.8 Å². The molecule has 0 fully saturated rings. The molecule has 10 heavy (non-hydrogen) atoms. The minimum absolute atomic E-state index is 0.280. The molecule has 0 atom stereocenters. The second kappa shape index (κ2) is 3.93. The lowest BCUT2D eigenvalue weighted by atomic mass is 10.3. The molecule has 3 nitrogen and oxygen atoms in total. The van der Waals surface area contributed by atoms with Crippen LogP contribution in [-0.4, -0.2) is 20.7 Å². The van der Waals surface area contributed by atoms with E-state index in [9.17, 15) is 8.42 Å². The molecule has 0 aromatic carbocycles. The van der Waals surface area contributed by atoms with Gasteiger partial charge in [0, 0.05) is 7.05 Å². The zero-order valence-electron chi connectivity index (χ0n) is 6.66. The molecule has 0 saturated heterocycles. The Bertz CT molecular complexity index is 170. The zero-order valence-corrected chi connectivity index (χ0v) is 7.48. The van der Waals surface area contributed by atoms with Gasteiger partial charge in [-0.1, -0.05) is 13.8 Å². The van der Waals surface area contributed by atoms with E-state index in [1.165, 1.54) is 7.05 Å². The van der Waals surface area contributed by atoms with Gasteiger partial charge in [-0.15, -0.1) is 4.72 Å². The predicted molar refractivity (Wildman–Crippen MR) is 41.3 cm³/mol. The first-order valence-corrected chi connectivity index (χ1v) is 4.93. The van der Waals surface area contributed by atoms with Crippen LogP contribution < -0.4 is 4.72 Å². The van der Waals surface area contributed by atoms with Crippen LogP contribution in [0.3, 0.4) is 0 Å². The second-order valence-electron chi connectivity index (χ2n) is 2.14. The molecule has 0 bridgehead atoms. The quantitative estimate of drug-likeness (QED) is 0.615. The lowest BCUT2D eigenvalue weighted by Gasteiger charge is -2.09. The summed E-state index contributed by atoms with van der Waals surface area (Å²) in [7, 11) is -1.81. The Kier molecular flexibility index (Phi) is 3.89. The van der Waals surface area contributed by atoms with Gasteiger partial charge >= 0.3 is 0 Å². The largest absolute Gasteiger partial charge is 0.230 e. The van der Waals surface area contributed by atoms with Crippen LogP contribution in [0.25, 0.3) is 0 Å². The van der Waals surface area contributed by atoms with Crippen LogP contribution in [0, 0.1) is 0 Å². The van der Waals surface area contributed by atoms with E-state index in [1.807, 2.05) is 13.8 Å². The van der Waals surface area contributed by atoms with E-state index in [-0.39, 0.29) is 5.25 Å². The maximum atomic E-state index is 11.0. The van der Waals surface area contributed by atoms with Crippen molar-refractivity contribution in [3.05, 3.63) is 0 Å². The third-order valence-electron chi connectivity index (χ3n) is 1.59. The highest BCUT2D eigenvalue weighted by Gasteiger charge is 2.20. The minimum atomic E-state index is -3.14. The SMILES string of the molecule is CCC(CC)S(=O)(=O)[N]C. The van der Waals surface area contributed by atoms with Crippen LogP contribution in [0.5, 0.6) is 0 Å². The Balaban J connectivity index is 4.28. The standard InChI is InChI=1S/C6H14NO2S/c1-4-6(5-2)10(8,9)7-3/h6H,4-5H2,1-3H3. The highest BCUT2D eigenvalue weighted by Crippen LogP contribution is 2.07. The molecular formula is C6H14NO2S. The first-order valence-electron chi connectivity index (χ1n) is 3.43. The van der Waals surface area contributed by atoms with Gasteiger partial charge in [0.25, 0.3) is 0 Å². The molecule has 0 saturated carbocycles. The molecule has 0 N–H and O–H groups in total. The summed E-state index contributed by atoms with van der Waals surface area (Å²) in [4.78, 5) is 0. The van der Waals surface area contributed by atoms with Crippen molar-refractivity contribution in [1.29, 1.82) is 0 Å². The summed E-state index contributed by atoms with van der Waals surface area (Å²) in [6.07, 6.45) is 1.30. The van der Waals surface area contributed by atoms with Crippen molar-refractivity contribution in [2.75, 3.05) is 7.05 Å². The molecule has 0 heterocycles. The van der Waals surface area contributed by atoms with E-state index in [1.54, 1.807) is 0 Å². The van der Waals surface area contributed by atoms with Crippen LogP contribution >= 0.6 is 0 Å². The maximum Gasteiger partial charge on any atom is 0.230 e. The van der Waals surface area contributed by atoms with Crippen LogP contribution in [0.2, 0.25) is 0 Å². The topological polar surface area (TPSA) is 48.2 Å². The summed E-state index contributed by atoms with van der Waals surface area (Å²) < 4.78 is 25.3. The summed E-state index contributed by atoms with van der Waals surface area (Å²) >= 11 is 0. The molecule has 61 valence electrons. The highest BCUT2D eigenvalue weighted by molar-refractivity contribution is 7.89. The molecule has 4 heteroatoms. The van der Waals surface area contributed by atoms with E-state index >= 15 is 0 Å². The van der Waals surface area contributed by atoms with Gasteiger partial charge in [-0.2, -0.15) is 0 Å². The van der Waals surface area contributed by atoms with Crippen molar-refractivity contribution >= 4 is 10.0 Å². The summed E-state index contributed by atoms with van der Waals surface area (Å²) in [5.74, 6) is 0. The van der Waals surface area contributed by atoms with Gasteiger partial charge in [0.15, 0.2) is 0 Å². The van der Waals surface area contributed by atoms with Gasteiger partial charge < -0.3 is 0 Å². The fourth-order valence-electron chi connectivity index (χ4n) is 0.859. The van der Waals surface area contributed by atoms with Gasteiger partial charge in [0.2, 0.25) is 10.0 Å². The predicted octanol–water partition coefficient (Wildman–Crippen LogP) is 0.739. The van der Waals surface area contributed by atoms with E-state index < -0.39 is 10.0 Å². The normalized spacial score (nSPS) is 12.4. The van der Waals surface area contributed by atoms with Crippen molar-refractivity contribution in [2.24, 2.45) is 0 Å². The highest BCUT2D eigenvalue weighted by atomic mass is 32.2. The summed E-state index contributed by atoms with van der Waals surface area (Å²) in [6, 6.07) is 0. The summed E-state index contributed by atoms with van der Waals surface area (Å²) in [6.45, 7) is 3.72. The maximum absolute atomic E-state index is 11.0. The van der Waals surface area contributed by atoms with Crippen LogP contribution in [-0.2, 0) is 10.0 Å². The van der Waals surface area contributed by atoms with Crippen molar-refractivity contribution in [2.45, 2.75) is 31.9 Å². The molecular weight excluding hydrogens is 150 g/mol. The summed E-state index contributed by atoms with van der Waals surface area (Å²) in [5, 5.41) is -0.280. The lowest BCUT2D eigenvalue weighted by molar-refractivity contribution is 0.562. The first-order chi connectivity index (χ1) is 4.58. The molecule has 0 amide bonds. The molecule has 0 rings (SSSR count). The van der Waals surface area contributed by atoms with Crippen molar-refractivity contribution in [3.8, 4) is 0 Å². The van der Waals surface area contributed by atoms with E-state index in [4.69, 9.17) is 0 Å². The first kappa shape index (κ1) is 9.91. The molecule has 0 aliphatic carbocycles. The number of sulfonamides is 1. The summed E-state index contributed by atoms with van der Waals surface area (Å²) in [5.41, 5.74) is 0. The van der Waals surface area contributed by atoms with Gasteiger partial charge in [0.1, 0.15) is 0 Å². The molecule has 0 aliphatic heterocycles. The molecule has 0 spiro atoms. The van der Waals surface area contributed by atoms with Crippen LogP contribution in [0.15, 0.2) is 0 Å². The third kappa shape index (κ3) is 2.27. The number of nitrogens with zero attached hydrogens (tertiary/aromatic N) is 1. The van der Waals surface area contributed by atoms with E-state index in [2.05, 4.69) is 4.72 Å². The second-order valence-corrected chi connectivity index (χ2v) is 4.20. The average Bonchev–Trinajstić information content (AvgIpc) is 1.90. The Morgan fingerprint density at radius 1 is 1.30 bits per heavy atom. The monoisotopic (exact) mass is 164 g/mol. The van der Waals surface area contributed by atoms with Crippen molar-refractivity contribution in [1.82, 2.24) is 4.72 Å². The zero-order chi connectivity index (χ0) is 8.20. The Morgan fingerprint density at radius 2 is 1.70 bits per heavy atom. The molecule has 0 aromatic heterocycles. The smallest absolute Gasteiger partial charge is 0.211 e. The van der Waals surface area contributed by atoms with Gasteiger partial charge in [-0.3, -0.25) is 0 Å². The van der Waals surface area contributed by atoms with Crippen LogP contribution in [0.1, 0.15) is 26.7 Å².